The van der Waals surface area contributed by atoms with Crippen LogP contribution in [0.25, 0.3) is 11.1 Å². The fraction of sp³-hybridized carbons (Fsp3) is 0.222. The van der Waals surface area contributed by atoms with Crippen LogP contribution in [0.5, 0.6) is 0 Å². The summed E-state index contributed by atoms with van der Waals surface area (Å²) in [7, 11) is 0. The monoisotopic (exact) mass is 334 g/mol. The SMILES string of the molecule is O=S(O)Cc1ccc(C2=C(c3ccc(F)cc3)CCC2)cc1F. The quantitative estimate of drug-likeness (QED) is 0.817. The average molecular weight is 334 g/mol. The summed E-state index contributed by atoms with van der Waals surface area (Å²) in [6.07, 6.45) is 2.70. The first kappa shape index (κ1) is 16.0. The minimum Gasteiger partial charge on any atom is -0.306 e. The van der Waals surface area contributed by atoms with Gasteiger partial charge in [-0.05, 0) is 59.7 Å². The molecule has 1 unspecified atom stereocenters. The minimum atomic E-state index is -2.06. The molecule has 3 rings (SSSR count). The van der Waals surface area contributed by atoms with Gasteiger partial charge in [-0.2, -0.15) is 0 Å². The highest BCUT2D eigenvalue weighted by Gasteiger charge is 2.19. The molecule has 0 amide bonds. The Hall–Kier alpha value is -1.85. The standard InChI is InChI=1S/C18H16F2O2S/c19-15-8-6-12(7-9-15)16-2-1-3-17(16)13-4-5-14(11-23(21)22)18(20)10-13/h4-10H,1-3,11H2,(H,21,22). The van der Waals surface area contributed by atoms with E-state index < -0.39 is 16.9 Å². The second-order valence-electron chi connectivity index (χ2n) is 5.59. The summed E-state index contributed by atoms with van der Waals surface area (Å²) in [4.78, 5) is 0. The van der Waals surface area contributed by atoms with Crippen molar-refractivity contribution in [2.75, 3.05) is 0 Å². The van der Waals surface area contributed by atoms with E-state index in [0.717, 1.165) is 41.5 Å². The van der Waals surface area contributed by atoms with Crippen LogP contribution in [0.2, 0.25) is 0 Å². The normalized spacial score (nSPS) is 16.0. The Morgan fingerprint density at radius 2 is 1.57 bits per heavy atom. The van der Waals surface area contributed by atoms with E-state index in [-0.39, 0.29) is 17.1 Å². The minimum absolute atomic E-state index is 0.212. The molecule has 0 aliphatic heterocycles. The number of halogens is 2. The van der Waals surface area contributed by atoms with Crippen molar-refractivity contribution in [3.8, 4) is 0 Å². The largest absolute Gasteiger partial charge is 0.306 e. The van der Waals surface area contributed by atoms with Crippen LogP contribution < -0.4 is 0 Å². The maximum Gasteiger partial charge on any atom is 0.157 e. The summed E-state index contributed by atoms with van der Waals surface area (Å²) in [6.45, 7) is 0. The first-order valence-electron chi connectivity index (χ1n) is 7.39. The average Bonchev–Trinajstić information content (AvgIpc) is 2.99. The molecular weight excluding hydrogens is 318 g/mol. The lowest BCUT2D eigenvalue weighted by Gasteiger charge is -2.10. The lowest BCUT2D eigenvalue weighted by atomic mass is 9.96. The van der Waals surface area contributed by atoms with Crippen LogP contribution in [0.4, 0.5) is 8.78 Å². The van der Waals surface area contributed by atoms with E-state index >= 15 is 0 Å². The molecule has 1 N–H and O–H groups in total. The number of rotatable bonds is 4. The molecule has 0 bridgehead atoms. The summed E-state index contributed by atoms with van der Waals surface area (Å²) in [6, 6.07) is 11.1. The molecule has 2 aromatic carbocycles. The molecular formula is C18H16F2O2S. The molecule has 23 heavy (non-hydrogen) atoms. The zero-order chi connectivity index (χ0) is 16.4. The second kappa shape index (κ2) is 6.72. The summed E-state index contributed by atoms with van der Waals surface area (Å²) >= 11 is -2.06. The molecule has 5 heteroatoms. The molecule has 2 nitrogen and oxygen atoms in total. The van der Waals surface area contributed by atoms with Crippen LogP contribution in [0.15, 0.2) is 42.5 Å². The summed E-state index contributed by atoms with van der Waals surface area (Å²) < 4.78 is 46.9. The molecule has 120 valence electrons. The lowest BCUT2D eigenvalue weighted by Crippen LogP contribution is -1.98. The third-order valence-electron chi connectivity index (χ3n) is 4.09. The van der Waals surface area contributed by atoms with Crippen molar-refractivity contribution in [3.05, 3.63) is 70.8 Å². The first-order valence-corrected chi connectivity index (χ1v) is 8.66. The maximum absolute atomic E-state index is 14.1. The van der Waals surface area contributed by atoms with Crippen molar-refractivity contribution in [1.29, 1.82) is 0 Å². The molecule has 2 aromatic rings. The molecule has 0 radical (unpaired) electrons. The van der Waals surface area contributed by atoms with Crippen LogP contribution in [0.1, 0.15) is 36.0 Å². The van der Waals surface area contributed by atoms with Gasteiger partial charge in [0.1, 0.15) is 11.6 Å². The van der Waals surface area contributed by atoms with Gasteiger partial charge in [-0.15, -0.1) is 0 Å². The van der Waals surface area contributed by atoms with Crippen molar-refractivity contribution in [2.24, 2.45) is 0 Å². The highest BCUT2D eigenvalue weighted by atomic mass is 32.2. The van der Waals surface area contributed by atoms with Crippen LogP contribution >= 0.6 is 0 Å². The van der Waals surface area contributed by atoms with E-state index in [0.29, 0.717) is 0 Å². The Kier molecular flexibility index (Phi) is 4.68. The van der Waals surface area contributed by atoms with Crippen LogP contribution in [0.3, 0.4) is 0 Å². The predicted molar refractivity (Wildman–Crippen MR) is 87.9 cm³/mol. The van der Waals surface area contributed by atoms with Gasteiger partial charge in [-0.3, -0.25) is 0 Å². The first-order chi connectivity index (χ1) is 11.0. The molecule has 0 fully saturated rings. The Balaban J connectivity index is 1.98. The van der Waals surface area contributed by atoms with Gasteiger partial charge in [0.05, 0.1) is 5.75 Å². The molecule has 0 spiro atoms. The van der Waals surface area contributed by atoms with E-state index in [1.54, 1.807) is 24.3 Å². The van der Waals surface area contributed by atoms with Gasteiger partial charge in [0, 0.05) is 5.56 Å². The highest BCUT2D eigenvalue weighted by Crippen LogP contribution is 2.40. The Morgan fingerprint density at radius 3 is 2.17 bits per heavy atom. The van der Waals surface area contributed by atoms with Gasteiger partial charge in [0.15, 0.2) is 11.1 Å². The number of benzene rings is 2. The fourth-order valence-electron chi connectivity index (χ4n) is 3.02. The zero-order valence-corrected chi connectivity index (χ0v) is 13.2. The molecule has 1 aliphatic carbocycles. The van der Waals surface area contributed by atoms with E-state index in [1.807, 2.05) is 0 Å². The molecule has 0 aromatic heterocycles. The summed E-state index contributed by atoms with van der Waals surface area (Å²) in [5.74, 6) is -0.959. The highest BCUT2D eigenvalue weighted by molar-refractivity contribution is 7.78. The van der Waals surface area contributed by atoms with Crippen molar-refractivity contribution >= 4 is 22.2 Å². The molecule has 1 atom stereocenters. The zero-order valence-electron chi connectivity index (χ0n) is 12.4. The van der Waals surface area contributed by atoms with Gasteiger partial charge in [0.2, 0.25) is 0 Å². The number of allylic oxidation sites excluding steroid dienone is 2. The number of hydrogen-bond donors (Lipinski definition) is 1. The molecule has 0 saturated carbocycles. The lowest BCUT2D eigenvalue weighted by molar-refractivity contribution is 0.559. The van der Waals surface area contributed by atoms with Gasteiger partial charge >= 0.3 is 0 Å². The molecule has 0 heterocycles. The van der Waals surface area contributed by atoms with E-state index in [9.17, 15) is 13.0 Å². The second-order valence-corrected chi connectivity index (χ2v) is 6.52. The Labute approximate surface area is 136 Å². The maximum atomic E-state index is 14.1. The topological polar surface area (TPSA) is 37.3 Å². The van der Waals surface area contributed by atoms with Gasteiger partial charge < -0.3 is 4.55 Å². The Bertz CT molecular complexity index is 782. The molecule has 0 saturated heterocycles. The van der Waals surface area contributed by atoms with E-state index in [1.165, 1.54) is 18.2 Å². The van der Waals surface area contributed by atoms with E-state index in [2.05, 4.69) is 0 Å². The molecule has 1 aliphatic rings. The fourth-order valence-corrected chi connectivity index (χ4v) is 3.52. The van der Waals surface area contributed by atoms with Gasteiger partial charge in [-0.25, -0.2) is 13.0 Å². The van der Waals surface area contributed by atoms with Crippen molar-refractivity contribution < 1.29 is 17.5 Å². The van der Waals surface area contributed by atoms with Crippen molar-refractivity contribution in [1.82, 2.24) is 0 Å². The smallest absolute Gasteiger partial charge is 0.157 e. The third kappa shape index (κ3) is 3.57. The van der Waals surface area contributed by atoms with Gasteiger partial charge in [-0.1, -0.05) is 24.3 Å². The number of hydrogen-bond acceptors (Lipinski definition) is 1. The van der Waals surface area contributed by atoms with Gasteiger partial charge in [0.25, 0.3) is 0 Å². The van der Waals surface area contributed by atoms with Crippen molar-refractivity contribution in [2.45, 2.75) is 25.0 Å². The van der Waals surface area contributed by atoms with E-state index in [4.69, 9.17) is 4.55 Å². The summed E-state index contributed by atoms with van der Waals surface area (Å²) in [5, 5.41) is 0. The van der Waals surface area contributed by atoms with Crippen LogP contribution in [-0.2, 0) is 16.8 Å². The van der Waals surface area contributed by atoms with Crippen LogP contribution in [-0.4, -0.2) is 8.76 Å². The predicted octanol–water partition coefficient (Wildman–Crippen LogP) is 4.78. The third-order valence-corrected chi connectivity index (χ3v) is 4.65. The van der Waals surface area contributed by atoms with Crippen molar-refractivity contribution in [3.63, 3.8) is 0 Å². The summed E-state index contributed by atoms with van der Waals surface area (Å²) in [5.41, 5.74) is 4.15. The Morgan fingerprint density at radius 1 is 0.957 bits per heavy atom. The van der Waals surface area contributed by atoms with Crippen LogP contribution in [0, 0.1) is 11.6 Å².